The molecule has 1 aliphatic rings. The molecule has 26 heavy (non-hydrogen) atoms. The van der Waals surface area contributed by atoms with E-state index in [0.717, 1.165) is 49.7 Å². The van der Waals surface area contributed by atoms with Gasteiger partial charge in [0.05, 0.1) is 11.4 Å². The Labute approximate surface area is 160 Å². The predicted molar refractivity (Wildman–Crippen MR) is 110 cm³/mol. The van der Waals surface area contributed by atoms with Gasteiger partial charge in [0.25, 0.3) is 0 Å². The van der Waals surface area contributed by atoms with Crippen molar-refractivity contribution in [3.63, 3.8) is 0 Å². The van der Waals surface area contributed by atoms with Gasteiger partial charge in [-0.1, -0.05) is 42.8 Å². The summed E-state index contributed by atoms with van der Waals surface area (Å²) < 4.78 is 0. The van der Waals surface area contributed by atoms with Gasteiger partial charge in [-0.05, 0) is 42.4 Å². The Balaban J connectivity index is 1.67. The Morgan fingerprint density at radius 1 is 1.12 bits per heavy atom. The maximum absolute atomic E-state index is 12.3. The van der Waals surface area contributed by atoms with Gasteiger partial charge in [-0.3, -0.25) is 4.79 Å². The molecule has 1 fully saturated rings. The van der Waals surface area contributed by atoms with Gasteiger partial charge in [0.2, 0.25) is 5.91 Å². The number of rotatable bonds is 5. The predicted octanol–water partition coefficient (Wildman–Crippen LogP) is 4.13. The molecule has 2 aromatic rings. The molecule has 5 heteroatoms. The lowest BCUT2D eigenvalue weighted by Gasteiger charge is -2.36. The van der Waals surface area contributed by atoms with Crippen LogP contribution in [0.4, 0.5) is 11.4 Å². The molecule has 1 N–H and O–H groups in total. The minimum atomic E-state index is -0.149. The van der Waals surface area contributed by atoms with E-state index in [4.69, 9.17) is 11.6 Å². The molecular weight excluding hydrogens is 346 g/mol. The van der Waals surface area contributed by atoms with Gasteiger partial charge in [-0.15, -0.1) is 0 Å². The third kappa shape index (κ3) is 4.87. The number of carbonyl (C=O) groups excluding carboxylic acids is 1. The number of carbonyl (C=O) groups is 1. The lowest BCUT2D eigenvalue weighted by Crippen LogP contribution is -2.46. The van der Waals surface area contributed by atoms with Crippen LogP contribution in [0.1, 0.15) is 12.5 Å². The first-order valence-corrected chi connectivity index (χ1v) is 9.34. The second-order valence-electron chi connectivity index (χ2n) is 6.32. The van der Waals surface area contributed by atoms with E-state index < -0.39 is 0 Å². The number of para-hydroxylation sites is 2. The van der Waals surface area contributed by atoms with E-state index in [2.05, 4.69) is 28.1 Å². The summed E-state index contributed by atoms with van der Waals surface area (Å²) in [7, 11) is 0. The van der Waals surface area contributed by atoms with Gasteiger partial charge in [0.1, 0.15) is 0 Å². The summed E-state index contributed by atoms with van der Waals surface area (Å²) in [6.07, 6.45) is 3.31. The average molecular weight is 370 g/mol. The van der Waals surface area contributed by atoms with Crippen molar-refractivity contribution in [1.82, 2.24) is 4.90 Å². The number of nitrogens with one attached hydrogen (secondary N) is 1. The number of halogens is 1. The molecule has 4 nitrogen and oxygen atoms in total. The molecule has 0 spiro atoms. The topological polar surface area (TPSA) is 35.6 Å². The number of benzene rings is 2. The standard InChI is InChI=1S/C21H24ClN3O/c1-2-24-12-14-25(15-13-24)20-9-4-3-8-19(20)23-21(26)11-10-17-6-5-7-18(22)16-17/h3-11,16H,2,12-15H2,1H3,(H,23,26)/b11-10+. The minimum absolute atomic E-state index is 0.149. The molecule has 136 valence electrons. The lowest BCUT2D eigenvalue weighted by atomic mass is 10.2. The molecular formula is C21H24ClN3O. The summed E-state index contributed by atoms with van der Waals surface area (Å²) in [5.74, 6) is -0.149. The van der Waals surface area contributed by atoms with Gasteiger partial charge >= 0.3 is 0 Å². The normalized spacial score (nSPS) is 15.4. The molecule has 0 radical (unpaired) electrons. The Morgan fingerprint density at radius 2 is 1.88 bits per heavy atom. The summed E-state index contributed by atoms with van der Waals surface area (Å²) in [5.41, 5.74) is 2.82. The number of likely N-dealkylation sites (N-methyl/N-ethyl adjacent to an activating group) is 1. The minimum Gasteiger partial charge on any atom is -0.367 e. The fourth-order valence-corrected chi connectivity index (χ4v) is 3.32. The van der Waals surface area contributed by atoms with E-state index in [1.807, 2.05) is 42.5 Å². The molecule has 0 aromatic heterocycles. The van der Waals surface area contributed by atoms with Gasteiger partial charge < -0.3 is 15.1 Å². The number of nitrogens with zero attached hydrogens (tertiary/aromatic N) is 2. The summed E-state index contributed by atoms with van der Waals surface area (Å²) in [6.45, 7) is 7.32. The maximum Gasteiger partial charge on any atom is 0.248 e. The van der Waals surface area contributed by atoms with Crippen LogP contribution in [0.2, 0.25) is 5.02 Å². The van der Waals surface area contributed by atoms with Crippen molar-refractivity contribution < 1.29 is 4.79 Å². The lowest BCUT2D eigenvalue weighted by molar-refractivity contribution is -0.111. The summed E-state index contributed by atoms with van der Waals surface area (Å²) >= 11 is 5.97. The molecule has 2 aromatic carbocycles. The van der Waals surface area contributed by atoms with Gasteiger partial charge in [0, 0.05) is 37.3 Å². The maximum atomic E-state index is 12.3. The first-order chi connectivity index (χ1) is 12.7. The second-order valence-corrected chi connectivity index (χ2v) is 6.75. The Bertz CT molecular complexity index is 782. The van der Waals surface area contributed by atoms with Crippen LogP contribution >= 0.6 is 11.6 Å². The van der Waals surface area contributed by atoms with Crippen molar-refractivity contribution >= 4 is 35.0 Å². The zero-order valence-electron chi connectivity index (χ0n) is 15.0. The quantitative estimate of drug-likeness (QED) is 0.805. The van der Waals surface area contributed by atoms with Crippen LogP contribution in [-0.4, -0.2) is 43.5 Å². The van der Waals surface area contributed by atoms with Crippen molar-refractivity contribution in [1.29, 1.82) is 0 Å². The molecule has 1 saturated heterocycles. The first-order valence-electron chi connectivity index (χ1n) is 8.96. The fourth-order valence-electron chi connectivity index (χ4n) is 3.12. The van der Waals surface area contributed by atoms with Crippen molar-refractivity contribution in [2.24, 2.45) is 0 Å². The van der Waals surface area contributed by atoms with Crippen molar-refractivity contribution in [2.75, 3.05) is 42.9 Å². The van der Waals surface area contributed by atoms with Crippen LogP contribution in [0.25, 0.3) is 6.08 Å². The molecule has 3 rings (SSSR count). The van der Waals surface area contributed by atoms with E-state index in [9.17, 15) is 4.79 Å². The van der Waals surface area contributed by atoms with E-state index in [-0.39, 0.29) is 5.91 Å². The van der Waals surface area contributed by atoms with Gasteiger partial charge in [-0.2, -0.15) is 0 Å². The van der Waals surface area contributed by atoms with Crippen molar-refractivity contribution in [3.8, 4) is 0 Å². The van der Waals surface area contributed by atoms with Crippen molar-refractivity contribution in [3.05, 3.63) is 65.2 Å². The monoisotopic (exact) mass is 369 g/mol. The van der Waals surface area contributed by atoms with Crippen LogP contribution in [0.5, 0.6) is 0 Å². The summed E-state index contributed by atoms with van der Waals surface area (Å²) in [5, 5.41) is 3.66. The van der Waals surface area contributed by atoms with Gasteiger partial charge in [-0.25, -0.2) is 0 Å². The van der Waals surface area contributed by atoms with E-state index >= 15 is 0 Å². The van der Waals surface area contributed by atoms with Crippen LogP contribution in [0.3, 0.4) is 0 Å². The zero-order chi connectivity index (χ0) is 18.4. The third-order valence-corrected chi connectivity index (χ3v) is 4.83. The van der Waals surface area contributed by atoms with Gasteiger partial charge in [0.15, 0.2) is 0 Å². The second kappa shape index (κ2) is 8.88. The van der Waals surface area contributed by atoms with Crippen LogP contribution < -0.4 is 10.2 Å². The van der Waals surface area contributed by atoms with Crippen LogP contribution in [0.15, 0.2) is 54.6 Å². The number of amides is 1. The van der Waals surface area contributed by atoms with Crippen LogP contribution in [0, 0.1) is 0 Å². The Morgan fingerprint density at radius 3 is 2.62 bits per heavy atom. The first kappa shape index (κ1) is 18.5. The van der Waals surface area contributed by atoms with E-state index in [1.54, 1.807) is 6.08 Å². The molecule has 0 aliphatic carbocycles. The molecule has 1 amide bonds. The number of anilines is 2. The van der Waals surface area contributed by atoms with E-state index in [1.165, 1.54) is 6.08 Å². The number of piperazine rings is 1. The highest BCUT2D eigenvalue weighted by Crippen LogP contribution is 2.26. The highest BCUT2D eigenvalue weighted by atomic mass is 35.5. The summed E-state index contributed by atoms with van der Waals surface area (Å²) in [4.78, 5) is 17.1. The highest BCUT2D eigenvalue weighted by molar-refractivity contribution is 6.30. The molecule has 0 unspecified atom stereocenters. The number of hydrogen-bond acceptors (Lipinski definition) is 3. The highest BCUT2D eigenvalue weighted by Gasteiger charge is 2.18. The SMILES string of the molecule is CCN1CCN(c2ccccc2NC(=O)/C=C/c2cccc(Cl)c2)CC1. The molecule has 0 saturated carbocycles. The Kier molecular flexibility index (Phi) is 6.31. The zero-order valence-corrected chi connectivity index (χ0v) is 15.7. The van der Waals surface area contributed by atoms with Crippen molar-refractivity contribution in [2.45, 2.75) is 6.92 Å². The summed E-state index contributed by atoms with van der Waals surface area (Å²) in [6, 6.07) is 15.4. The largest absolute Gasteiger partial charge is 0.367 e. The molecule has 0 bridgehead atoms. The van der Waals surface area contributed by atoms with E-state index in [0.29, 0.717) is 5.02 Å². The van der Waals surface area contributed by atoms with Crippen LogP contribution in [-0.2, 0) is 4.79 Å². The number of hydrogen-bond donors (Lipinski definition) is 1. The smallest absolute Gasteiger partial charge is 0.248 e. The third-order valence-electron chi connectivity index (χ3n) is 4.60. The molecule has 1 heterocycles. The fraction of sp³-hybridized carbons (Fsp3) is 0.286. The average Bonchev–Trinajstić information content (AvgIpc) is 2.67. The molecule has 1 aliphatic heterocycles. The Hall–Kier alpha value is -2.30. The molecule has 0 atom stereocenters.